The Morgan fingerprint density at radius 3 is 2.88 bits per heavy atom. The topological polar surface area (TPSA) is 35.5 Å². The fourth-order valence-electron chi connectivity index (χ4n) is 1.29. The van der Waals surface area contributed by atoms with Crippen LogP contribution in [0.25, 0.3) is 0 Å². The second-order valence-electron chi connectivity index (χ2n) is 3.49. The van der Waals surface area contributed by atoms with Crippen molar-refractivity contribution >= 4 is 17.9 Å². The fourth-order valence-corrected chi connectivity index (χ4v) is 1.51. The van der Waals surface area contributed by atoms with Gasteiger partial charge in [0.2, 0.25) is 0 Å². The molecule has 3 nitrogen and oxygen atoms in total. The summed E-state index contributed by atoms with van der Waals surface area (Å²) in [5.74, 6) is 0.447. The van der Waals surface area contributed by atoms with Gasteiger partial charge in [-0.1, -0.05) is 17.7 Å². The molecule has 1 atom stereocenters. The number of methoxy groups -OCH3 is 1. The Balaban J connectivity index is 2.75. The zero-order chi connectivity index (χ0) is 12.0. The zero-order valence-electron chi connectivity index (χ0n) is 9.40. The van der Waals surface area contributed by atoms with E-state index in [1.807, 2.05) is 6.92 Å². The number of rotatable bonds is 6. The Bertz CT molecular complexity index is 352. The molecule has 0 N–H and O–H groups in total. The van der Waals surface area contributed by atoms with Crippen LogP contribution in [0.5, 0.6) is 5.75 Å². The minimum atomic E-state index is -0.0430. The van der Waals surface area contributed by atoms with Crippen LogP contribution in [-0.2, 0) is 4.74 Å². The van der Waals surface area contributed by atoms with Crippen LogP contribution in [0.15, 0.2) is 18.2 Å². The molecule has 1 aromatic rings. The molecule has 0 bridgehead atoms. The van der Waals surface area contributed by atoms with Gasteiger partial charge in [0.25, 0.3) is 0 Å². The van der Waals surface area contributed by atoms with Gasteiger partial charge in [0, 0.05) is 20.1 Å². The van der Waals surface area contributed by atoms with E-state index >= 15 is 0 Å². The highest BCUT2D eigenvalue weighted by Gasteiger charge is 2.11. The molecule has 1 aromatic carbocycles. The summed E-state index contributed by atoms with van der Waals surface area (Å²) < 4.78 is 10.6. The van der Waals surface area contributed by atoms with E-state index in [1.165, 1.54) is 0 Å². The van der Waals surface area contributed by atoms with Crippen LogP contribution in [0.1, 0.15) is 23.7 Å². The number of carbonyl (C=O) groups excluding carboxylic acids is 1. The number of benzene rings is 1. The van der Waals surface area contributed by atoms with E-state index in [4.69, 9.17) is 21.1 Å². The number of halogens is 1. The van der Waals surface area contributed by atoms with Gasteiger partial charge in [0.05, 0.1) is 16.7 Å². The molecule has 0 radical (unpaired) electrons. The number of hydrogen-bond donors (Lipinski definition) is 0. The van der Waals surface area contributed by atoms with Crippen molar-refractivity contribution in [3.05, 3.63) is 28.8 Å². The average Bonchev–Trinajstić information content (AvgIpc) is 2.29. The van der Waals surface area contributed by atoms with Gasteiger partial charge in [-0.3, -0.25) is 4.79 Å². The van der Waals surface area contributed by atoms with E-state index in [2.05, 4.69) is 0 Å². The first kappa shape index (κ1) is 13.0. The lowest BCUT2D eigenvalue weighted by molar-refractivity contribution is 0.111. The number of ether oxygens (including phenoxy) is 2. The maximum atomic E-state index is 10.8. The Morgan fingerprint density at radius 2 is 2.25 bits per heavy atom. The summed E-state index contributed by atoms with van der Waals surface area (Å²) in [4.78, 5) is 10.8. The van der Waals surface area contributed by atoms with Gasteiger partial charge < -0.3 is 9.47 Å². The van der Waals surface area contributed by atoms with Crippen molar-refractivity contribution in [2.45, 2.75) is 19.4 Å². The molecule has 88 valence electrons. The van der Waals surface area contributed by atoms with Gasteiger partial charge in [-0.15, -0.1) is 0 Å². The molecule has 0 saturated carbocycles. The highest BCUT2D eigenvalue weighted by molar-refractivity contribution is 6.32. The molecule has 1 unspecified atom stereocenters. The van der Waals surface area contributed by atoms with Gasteiger partial charge >= 0.3 is 0 Å². The summed E-state index contributed by atoms with van der Waals surface area (Å²) in [7, 11) is 1.64. The first-order valence-electron chi connectivity index (χ1n) is 5.08. The lowest BCUT2D eigenvalue weighted by Gasteiger charge is -2.16. The molecule has 0 aliphatic heterocycles. The Labute approximate surface area is 100 Å². The average molecular weight is 243 g/mol. The standard InChI is InChI=1S/C12H15ClO3/c1-9(6-7-15-2)16-12-10(8-14)4-3-5-11(12)13/h3-5,8-9H,6-7H2,1-2H3. The normalized spacial score (nSPS) is 12.2. The molecular weight excluding hydrogens is 228 g/mol. The molecule has 0 aromatic heterocycles. The highest BCUT2D eigenvalue weighted by Crippen LogP contribution is 2.28. The summed E-state index contributed by atoms with van der Waals surface area (Å²) in [6.45, 7) is 2.53. The molecule has 0 saturated heterocycles. The second-order valence-corrected chi connectivity index (χ2v) is 3.89. The predicted molar refractivity (Wildman–Crippen MR) is 63.4 cm³/mol. The van der Waals surface area contributed by atoms with Crippen molar-refractivity contribution in [3.63, 3.8) is 0 Å². The van der Waals surface area contributed by atoms with Crippen molar-refractivity contribution in [1.29, 1.82) is 0 Å². The number of aldehydes is 1. The SMILES string of the molecule is COCCC(C)Oc1c(Cl)cccc1C=O. The van der Waals surface area contributed by atoms with Crippen molar-refractivity contribution in [2.24, 2.45) is 0 Å². The third-order valence-corrected chi connectivity index (χ3v) is 2.47. The molecule has 0 heterocycles. The first-order chi connectivity index (χ1) is 7.69. The molecule has 0 aliphatic carbocycles. The van der Waals surface area contributed by atoms with Gasteiger partial charge in [-0.25, -0.2) is 0 Å². The smallest absolute Gasteiger partial charge is 0.153 e. The molecule has 4 heteroatoms. The second kappa shape index (κ2) is 6.51. The van der Waals surface area contributed by atoms with Crippen LogP contribution in [-0.4, -0.2) is 26.1 Å². The molecule has 0 spiro atoms. The van der Waals surface area contributed by atoms with Crippen LogP contribution < -0.4 is 4.74 Å². The van der Waals surface area contributed by atoms with Gasteiger partial charge in [0.15, 0.2) is 6.29 Å². The Kier molecular flexibility index (Phi) is 5.29. The first-order valence-corrected chi connectivity index (χ1v) is 5.46. The maximum absolute atomic E-state index is 10.8. The summed E-state index contributed by atoms with van der Waals surface area (Å²) in [6, 6.07) is 5.10. The maximum Gasteiger partial charge on any atom is 0.153 e. The van der Waals surface area contributed by atoms with Gasteiger partial charge in [0.1, 0.15) is 5.75 Å². The molecule has 1 rings (SSSR count). The summed E-state index contributed by atoms with van der Waals surface area (Å²) in [6.07, 6.45) is 1.45. The van der Waals surface area contributed by atoms with E-state index < -0.39 is 0 Å². The molecule has 0 aliphatic rings. The monoisotopic (exact) mass is 242 g/mol. The van der Waals surface area contributed by atoms with E-state index in [0.29, 0.717) is 22.9 Å². The lowest BCUT2D eigenvalue weighted by Crippen LogP contribution is -2.15. The highest BCUT2D eigenvalue weighted by atomic mass is 35.5. The van der Waals surface area contributed by atoms with Crippen LogP contribution in [0.3, 0.4) is 0 Å². The summed E-state index contributed by atoms with van der Waals surface area (Å²) >= 11 is 5.97. The summed E-state index contributed by atoms with van der Waals surface area (Å²) in [5, 5.41) is 0.453. The quantitative estimate of drug-likeness (QED) is 0.720. The van der Waals surface area contributed by atoms with Crippen molar-refractivity contribution in [1.82, 2.24) is 0 Å². The van der Waals surface area contributed by atoms with Crippen LogP contribution in [0, 0.1) is 0 Å². The lowest BCUT2D eigenvalue weighted by atomic mass is 10.2. The fraction of sp³-hybridized carbons (Fsp3) is 0.417. The predicted octanol–water partition coefficient (Wildman–Crippen LogP) is 2.96. The van der Waals surface area contributed by atoms with E-state index in [-0.39, 0.29) is 6.10 Å². The van der Waals surface area contributed by atoms with E-state index in [1.54, 1.807) is 25.3 Å². The van der Waals surface area contributed by atoms with Crippen molar-refractivity contribution < 1.29 is 14.3 Å². The van der Waals surface area contributed by atoms with Gasteiger partial charge in [-0.2, -0.15) is 0 Å². The number of para-hydroxylation sites is 1. The molecule has 0 fully saturated rings. The minimum Gasteiger partial charge on any atom is -0.488 e. The Hall–Kier alpha value is -1.06. The molecule has 16 heavy (non-hydrogen) atoms. The minimum absolute atomic E-state index is 0.0430. The van der Waals surface area contributed by atoms with Crippen LogP contribution in [0.2, 0.25) is 5.02 Å². The third-order valence-electron chi connectivity index (χ3n) is 2.17. The van der Waals surface area contributed by atoms with E-state index in [0.717, 1.165) is 12.7 Å². The van der Waals surface area contributed by atoms with Crippen molar-refractivity contribution in [2.75, 3.05) is 13.7 Å². The molecule has 0 amide bonds. The zero-order valence-corrected chi connectivity index (χ0v) is 10.2. The third kappa shape index (κ3) is 3.51. The van der Waals surface area contributed by atoms with Crippen LogP contribution >= 0.6 is 11.6 Å². The van der Waals surface area contributed by atoms with E-state index in [9.17, 15) is 4.79 Å². The number of hydrogen-bond acceptors (Lipinski definition) is 3. The van der Waals surface area contributed by atoms with Crippen molar-refractivity contribution in [3.8, 4) is 5.75 Å². The molecular formula is C12H15ClO3. The summed E-state index contributed by atoms with van der Waals surface area (Å²) in [5.41, 5.74) is 0.469. The number of carbonyl (C=O) groups is 1. The van der Waals surface area contributed by atoms with Crippen LogP contribution in [0.4, 0.5) is 0 Å². The van der Waals surface area contributed by atoms with Gasteiger partial charge in [-0.05, 0) is 19.1 Å². The largest absolute Gasteiger partial charge is 0.488 e. The Morgan fingerprint density at radius 1 is 1.50 bits per heavy atom.